The van der Waals surface area contributed by atoms with Crippen LogP contribution >= 0.6 is 89.6 Å². The van der Waals surface area contributed by atoms with Crippen LogP contribution in [0.25, 0.3) is 0 Å². The number of hydrogen-bond donors (Lipinski definition) is 4. The summed E-state index contributed by atoms with van der Waals surface area (Å²) in [6.45, 7) is 17.4. The Morgan fingerprint density at radius 1 is 0.393 bits per heavy atom. The first-order chi connectivity index (χ1) is 24.0. The molecule has 0 saturated carbocycles. The lowest BCUT2D eigenvalue weighted by molar-refractivity contribution is 0.178. The molecule has 0 spiro atoms. The van der Waals surface area contributed by atoms with Gasteiger partial charge in [-0.3, -0.25) is 9.13 Å². The number of hydrogen-bond acceptors (Lipinski definition) is 12. The molecule has 0 heterocycles. The fourth-order valence-corrected chi connectivity index (χ4v) is 8.93. The van der Waals surface area contributed by atoms with Crippen molar-refractivity contribution in [2.75, 3.05) is 104 Å². The average molecular weight is 976 g/mol. The molecule has 0 amide bonds. The Morgan fingerprint density at radius 3 is 0.875 bits per heavy atom. The van der Waals surface area contributed by atoms with Crippen LogP contribution in [-0.2, 0) is 27.2 Å². The summed E-state index contributed by atoms with van der Waals surface area (Å²) >= 11 is 0. The lowest BCUT2D eigenvalue weighted by atomic mass is 10.1. The van der Waals surface area contributed by atoms with E-state index >= 15 is 0 Å². The maximum atomic E-state index is 13.5. The molecule has 0 aromatic heterocycles. The van der Waals surface area contributed by atoms with Crippen LogP contribution in [0.4, 0.5) is 0 Å². The number of rotatable bonds is 39. The number of nitrogens with zero attached hydrogens (tertiary/aromatic N) is 2. The topological polar surface area (TPSA) is 182 Å². The molecule has 0 fully saturated rings. The Morgan fingerprint density at radius 2 is 0.643 bits per heavy atom. The third kappa shape index (κ3) is 45.3. The van der Waals surface area contributed by atoms with Gasteiger partial charge in [0.2, 0.25) is 0 Å². The van der Waals surface area contributed by atoms with Crippen LogP contribution < -0.4 is 22.9 Å². The molecule has 0 aromatic rings. The Kier molecular flexibility index (Phi) is 63.8. The average Bonchev–Trinajstić information content (AvgIpc) is 3.09. The largest absolute Gasteiger partial charge is 0.331 e. The van der Waals surface area contributed by atoms with E-state index in [0.29, 0.717) is 89.9 Å². The molecule has 20 heteroatoms. The van der Waals surface area contributed by atoms with Crippen molar-refractivity contribution >= 4 is 89.6 Å². The Bertz CT molecular complexity index is 790. The van der Waals surface area contributed by atoms with E-state index in [9.17, 15) is 9.13 Å². The van der Waals surface area contributed by atoms with E-state index < -0.39 is 15.2 Å². The van der Waals surface area contributed by atoms with Crippen LogP contribution in [0.15, 0.2) is 0 Å². The zero-order chi connectivity index (χ0) is 37.4. The minimum absolute atomic E-state index is 0. The molecule has 0 aliphatic carbocycles. The van der Waals surface area contributed by atoms with Gasteiger partial charge in [-0.2, -0.15) is 0 Å². The van der Waals surface area contributed by atoms with Gasteiger partial charge in [-0.25, -0.2) is 0 Å². The van der Waals surface area contributed by atoms with E-state index in [1.54, 1.807) is 0 Å². The fraction of sp³-hybridized carbons (Fsp3) is 1.00. The molecule has 2 unspecified atom stereocenters. The van der Waals surface area contributed by atoms with Crippen LogP contribution in [0.5, 0.6) is 0 Å². The Labute approximate surface area is 381 Å². The van der Waals surface area contributed by atoms with Crippen molar-refractivity contribution in [1.29, 1.82) is 0 Å². The van der Waals surface area contributed by atoms with Gasteiger partial charge in [-0.15, -0.1) is 74.4 Å². The molecule has 0 radical (unpaired) electrons. The number of halogens is 6. The maximum absolute atomic E-state index is 13.5. The minimum Gasteiger partial charge on any atom is -0.330 e. The van der Waals surface area contributed by atoms with E-state index in [2.05, 4.69) is 37.5 Å². The van der Waals surface area contributed by atoms with E-state index in [-0.39, 0.29) is 74.4 Å². The van der Waals surface area contributed by atoms with Gasteiger partial charge in [0.1, 0.15) is 0 Å². The van der Waals surface area contributed by atoms with Crippen molar-refractivity contribution in [2.24, 2.45) is 34.8 Å². The van der Waals surface area contributed by atoms with E-state index in [1.807, 2.05) is 0 Å². The van der Waals surface area contributed by atoms with Gasteiger partial charge >= 0.3 is 15.2 Å². The fourth-order valence-electron chi connectivity index (χ4n) is 5.34. The van der Waals surface area contributed by atoms with Crippen LogP contribution in [0.3, 0.4) is 0 Å². The van der Waals surface area contributed by atoms with Crippen LogP contribution in [0, 0.1) is 11.8 Å². The van der Waals surface area contributed by atoms with Crippen LogP contribution in [0.2, 0.25) is 0 Å². The predicted molar refractivity (Wildman–Crippen MR) is 256 cm³/mol. The van der Waals surface area contributed by atoms with Crippen LogP contribution in [-0.4, -0.2) is 114 Å². The van der Waals surface area contributed by atoms with Gasteiger partial charge in [-0.1, -0.05) is 79.1 Å². The molecule has 0 aliphatic heterocycles. The van der Waals surface area contributed by atoms with Crippen molar-refractivity contribution in [1.82, 2.24) is 9.80 Å². The summed E-state index contributed by atoms with van der Waals surface area (Å²) in [6, 6.07) is 0. The van der Waals surface area contributed by atoms with Crippen LogP contribution in [0.1, 0.15) is 118 Å². The lowest BCUT2D eigenvalue weighted by Crippen LogP contribution is -2.31. The summed E-state index contributed by atoms with van der Waals surface area (Å²) in [5.74, 6) is 0.591. The van der Waals surface area contributed by atoms with Gasteiger partial charge in [0.25, 0.3) is 0 Å². The van der Waals surface area contributed by atoms with E-state index in [1.165, 1.54) is 25.7 Å². The van der Waals surface area contributed by atoms with Gasteiger partial charge in [0.05, 0.1) is 38.8 Å². The van der Waals surface area contributed by atoms with Gasteiger partial charge in [0, 0.05) is 13.1 Å². The highest BCUT2D eigenvalue weighted by Crippen LogP contribution is 2.49. The first kappa shape index (κ1) is 72.3. The third-order valence-electron chi connectivity index (χ3n) is 8.42. The third-order valence-corrected chi connectivity index (χ3v) is 12.2. The molecule has 8 N–H and O–H groups in total. The second-order valence-electron chi connectivity index (χ2n) is 14.5. The summed E-state index contributed by atoms with van der Waals surface area (Å²) in [5, 5.41) is 0. The molecule has 2 atom stereocenters. The Hall–Kier alpha value is 1.80. The zero-order valence-corrected chi connectivity index (χ0v) is 42.1. The second-order valence-corrected chi connectivity index (χ2v) is 18.9. The highest BCUT2D eigenvalue weighted by molar-refractivity contribution is 7.54. The first-order valence-corrected chi connectivity index (χ1v) is 23.5. The monoisotopic (exact) mass is 972 g/mol. The second kappa shape index (κ2) is 49.5. The van der Waals surface area contributed by atoms with Gasteiger partial charge < -0.3 is 50.8 Å². The molecule has 350 valence electrons. The summed E-state index contributed by atoms with van der Waals surface area (Å²) in [5.41, 5.74) is 22.8. The number of unbranched alkanes of at least 4 members (excludes halogenated alkanes) is 9. The van der Waals surface area contributed by atoms with E-state index in [4.69, 9.17) is 41.0 Å². The Balaban J connectivity index is -0.000000800. The summed E-state index contributed by atoms with van der Waals surface area (Å²) < 4.78 is 50.7. The summed E-state index contributed by atoms with van der Waals surface area (Å²) in [4.78, 5) is 4.55. The van der Waals surface area contributed by atoms with Crippen molar-refractivity contribution in [3.63, 3.8) is 0 Å². The highest BCUT2D eigenvalue weighted by Gasteiger charge is 2.27. The lowest BCUT2D eigenvalue weighted by Gasteiger charge is -2.25. The van der Waals surface area contributed by atoms with Gasteiger partial charge in [-0.05, 0) is 103 Å². The SMILES string of the molecule is CC(C)COP(=O)(CCN(CCCN)CCCN)OCCCCCCCCCCCCOP(=O)(CCN(CCCN)CCCN)OCC(C)C.Cl.Cl.Cl.Cl.Cl.Cl. The molecule has 0 aliphatic rings. The van der Waals surface area contributed by atoms with Crippen molar-refractivity contribution < 1.29 is 27.2 Å². The standard InChI is InChI=1S/C36H82N6O6P2.6ClH/c1-35(2)33-47-49(43,31-27-41(23-15-19-37)24-16-20-38)45-29-13-11-9-7-5-6-8-10-12-14-30-46-50(44,48-34-36(3)4)32-28-42(25-17-21-39)26-18-22-40;;;;;;/h35-36H,5-34,37-40H2,1-4H3;6*1H. The van der Waals surface area contributed by atoms with Crippen molar-refractivity contribution in [3.05, 3.63) is 0 Å². The molecule has 0 saturated heterocycles. The van der Waals surface area contributed by atoms with E-state index in [0.717, 1.165) is 90.4 Å². The van der Waals surface area contributed by atoms with Crippen molar-refractivity contribution in [3.8, 4) is 0 Å². The van der Waals surface area contributed by atoms with Gasteiger partial charge in [0.15, 0.2) is 0 Å². The molecular formula is C36H88Cl6N6O6P2. The normalized spacial score (nSPS) is 13.1. The quantitative estimate of drug-likeness (QED) is 0.0339. The zero-order valence-electron chi connectivity index (χ0n) is 35.4. The molecule has 0 bridgehead atoms. The maximum Gasteiger partial charge on any atom is 0.331 e. The first-order valence-electron chi connectivity index (χ1n) is 20.0. The number of nitrogens with two attached hydrogens (primary N) is 4. The molecule has 56 heavy (non-hydrogen) atoms. The summed E-state index contributed by atoms with van der Waals surface area (Å²) in [7, 11) is -6.30. The molecule has 0 aromatic carbocycles. The molecular weight excluding hydrogens is 887 g/mol. The highest BCUT2D eigenvalue weighted by atomic mass is 35.5. The predicted octanol–water partition coefficient (Wildman–Crippen LogP) is 9.18. The smallest absolute Gasteiger partial charge is 0.330 e. The summed E-state index contributed by atoms with van der Waals surface area (Å²) in [6.07, 6.45) is 15.5. The molecule has 12 nitrogen and oxygen atoms in total. The molecule has 0 rings (SSSR count). The minimum atomic E-state index is -3.15. The van der Waals surface area contributed by atoms with Crippen molar-refractivity contribution in [2.45, 2.75) is 118 Å².